The van der Waals surface area contributed by atoms with Crippen LogP contribution in [0.2, 0.25) is 0 Å². The Morgan fingerprint density at radius 1 is 1.19 bits per heavy atom. The van der Waals surface area contributed by atoms with Crippen molar-refractivity contribution >= 4 is 5.96 Å². The standard InChI is InChI=1S/C19H21FN6/c1-2-22-19(25-13-16-5-3-4-6-17(16)20)24-12-15-7-8-18(23-11-15)26-10-9-21-14-26/h3-11,14H,2,12-13H2,1H3,(H2,22,24,25). The number of nitrogens with zero attached hydrogens (tertiary/aromatic N) is 4. The van der Waals surface area contributed by atoms with Crippen LogP contribution in [0, 0.1) is 5.82 Å². The number of rotatable bonds is 6. The van der Waals surface area contributed by atoms with E-state index in [0.29, 0.717) is 24.6 Å². The predicted octanol–water partition coefficient (Wildman–Crippen LogP) is 2.66. The summed E-state index contributed by atoms with van der Waals surface area (Å²) in [7, 11) is 0. The molecule has 2 N–H and O–H groups in total. The van der Waals surface area contributed by atoms with E-state index in [4.69, 9.17) is 0 Å². The molecule has 0 bridgehead atoms. The molecule has 0 saturated heterocycles. The largest absolute Gasteiger partial charge is 0.357 e. The molecule has 0 radical (unpaired) electrons. The second kappa shape index (κ2) is 8.75. The van der Waals surface area contributed by atoms with Gasteiger partial charge >= 0.3 is 0 Å². The van der Waals surface area contributed by atoms with Gasteiger partial charge in [-0.05, 0) is 24.6 Å². The highest BCUT2D eigenvalue weighted by Gasteiger charge is 2.03. The van der Waals surface area contributed by atoms with Crippen molar-refractivity contribution in [3.8, 4) is 5.82 Å². The lowest BCUT2D eigenvalue weighted by molar-refractivity contribution is 0.604. The van der Waals surface area contributed by atoms with E-state index in [0.717, 1.165) is 17.9 Å². The van der Waals surface area contributed by atoms with Gasteiger partial charge in [-0.2, -0.15) is 0 Å². The number of halogens is 1. The zero-order valence-electron chi connectivity index (χ0n) is 14.6. The minimum absolute atomic E-state index is 0.227. The number of aliphatic imine (C=N–C) groups is 1. The van der Waals surface area contributed by atoms with E-state index in [-0.39, 0.29) is 5.82 Å². The van der Waals surface area contributed by atoms with Gasteiger partial charge in [-0.15, -0.1) is 0 Å². The van der Waals surface area contributed by atoms with Gasteiger partial charge in [0.1, 0.15) is 18.0 Å². The molecular formula is C19H21FN6. The molecule has 6 nitrogen and oxygen atoms in total. The van der Waals surface area contributed by atoms with Gasteiger partial charge in [0, 0.05) is 37.2 Å². The van der Waals surface area contributed by atoms with Crippen molar-refractivity contribution in [1.29, 1.82) is 0 Å². The molecular weight excluding hydrogens is 331 g/mol. The third kappa shape index (κ3) is 4.66. The van der Waals surface area contributed by atoms with Gasteiger partial charge < -0.3 is 10.6 Å². The van der Waals surface area contributed by atoms with Gasteiger partial charge in [-0.3, -0.25) is 4.57 Å². The number of imidazole rings is 1. The molecule has 134 valence electrons. The van der Waals surface area contributed by atoms with E-state index in [2.05, 4.69) is 25.6 Å². The molecule has 0 spiro atoms. The van der Waals surface area contributed by atoms with Gasteiger partial charge in [-0.1, -0.05) is 24.3 Å². The van der Waals surface area contributed by atoms with E-state index in [1.165, 1.54) is 6.07 Å². The van der Waals surface area contributed by atoms with E-state index >= 15 is 0 Å². The number of hydrogen-bond acceptors (Lipinski definition) is 3. The van der Waals surface area contributed by atoms with Crippen molar-refractivity contribution in [3.05, 3.63) is 78.3 Å². The maximum Gasteiger partial charge on any atom is 0.191 e. The summed E-state index contributed by atoms with van der Waals surface area (Å²) in [6.45, 7) is 3.56. The maximum atomic E-state index is 13.7. The Hall–Kier alpha value is -3.22. The highest BCUT2D eigenvalue weighted by atomic mass is 19.1. The van der Waals surface area contributed by atoms with Crippen LogP contribution in [0.15, 0.2) is 66.3 Å². The molecule has 3 aromatic rings. The molecule has 1 aromatic carbocycles. The molecule has 0 aliphatic carbocycles. The van der Waals surface area contributed by atoms with Gasteiger partial charge in [-0.25, -0.2) is 19.4 Å². The minimum Gasteiger partial charge on any atom is -0.357 e. The van der Waals surface area contributed by atoms with Crippen LogP contribution in [-0.2, 0) is 13.1 Å². The lowest BCUT2D eigenvalue weighted by atomic mass is 10.2. The van der Waals surface area contributed by atoms with Crippen LogP contribution < -0.4 is 10.6 Å². The first kappa shape index (κ1) is 17.6. The first-order chi connectivity index (χ1) is 12.8. The average Bonchev–Trinajstić information content (AvgIpc) is 3.20. The fourth-order valence-electron chi connectivity index (χ4n) is 2.39. The summed E-state index contributed by atoms with van der Waals surface area (Å²) >= 11 is 0. The van der Waals surface area contributed by atoms with Crippen LogP contribution >= 0.6 is 0 Å². The summed E-state index contributed by atoms with van der Waals surface area (Å²) in [5.74, 6) is 1.21. The number of benzene rings is 1. The second-order valence-electron chi connectivity index (χ2n) is 5.63. The Bertz CT molecular complexity index is 843. The molecule has 0 saturated carbocycles. The van der Waals surface area contributed by atoms with Gasteiger partial charge in [0.2, 0.25) is 0 Å². The molecule has 0 unspecified atom stereocenters. The van der Waals surface area contributed by atoms with Crippen LogP contribution in [-0.4, -0.2) is 27.0 Å². The van der Waals surface area contributed by atoms with Crippen molar-refractivity contribution in [3.63, 3.8) is 0 Å². The Morgan fingerprint density at radius 2 is 2.08 bits per heavy atom. The second-order valence-corrected chi connectivity index (χ2v) is 5.63. The number of nitrogens with one attached hydrogen (secondary N) is 2. The van der Waals surface area contributed by atoms with Crippen molar-refractivity contribution in [2.75, 3.05) is 6.54 Å². The summed E-state index contributed by atoms with van der Waals surface area (Å²) in [4.78, 5) is 13.0. The SMILES string of the molecule is CCNC(=NCc1ccc(-n2ccnc2)nc1)NCc1ccccc1F. The van der Waals surface area contributed by atoms with Crippen LogP contribution in [0.25, 0.3) is 5.82 Å². The predicted molar refractivity (Wildman–Crippen MR) is 99.4 cm³/mol. The van der Waals surface area contributed by atoms with E-state index < -0.39 is 0 Å². The molecule has 0 aliphatic heterocycles. The van der Waals surface area contributed by atoms with Crippen LogP contribution in [0.4, 0.5) is 4.39 Å². The molecule has 0 atom stereocenters. The number of hydrogen-bond donors (Lipinski definition) is 2. The zero-order valence-corrected chi connectivity index (χ0v) is 14.6. The molecule has 0 fully saturated rings. The summed E-state index contributed by atoms with van der Waals surface area (Å²) in [5.41, 5.74) is 1.58. The van der Waals surface area contributed by atoms with Crippen molar-refractivity contribution < 1.29 is 4.39 Å². The normalized spacial score (nSPS) is 11.4. The van der Waals surface area contributed by atoms with Crippen molar-refractivity contribution in [1.82, 2.24) is 25.2 Å². The van der Waals surface area contributed by atoms with Gasteiger partial charge in [0.05, 0.1) is 6.54 Å². The summed E-state index contributed by atoms with van der Waals surface area (Å²) in [5, 5.41) is 6.31. The summed E-state index contributed by atoms with van der Waals surface area (Å²) in [6.07, 6.45) is 7.05. The minimum atomic E-state index is -0.227. The third-order valence-corrected chi connectivity index (χ3v) is 3.75. The molecule has 0 amide bonds. The quantitative estimate of drug-likeness (QED) is 0.529. The Labute approximate surface area is 151 Å². The monoisotopic (exact) mass is 352 g/mol. The topological polar surface area (TPSA) is 67.1 Å². The molecule has 2 aromatic heterocycles. The van der Waals surface area contributed by atoms with E-state index in [1.807, 2.05) is 35.9 Å². The molecule has 0 aliphatic rings. The summed E-state index contributed by atoms with van der Waals surface area (Å²) in [6, 6.07) is 10.6. The first-order valence-corrected chi connectivity index (χ1v) is 8.45. The lowest BCUT2D eigenvalue weighted by Crippen LogP contribution is -2.37. The lowest BCUT2D eigenvalue weighted by Gasteiger charge is -2.12. The van der Waals surface area contributed by atoms with Crippen LogP contribution in [0.5, 0.6) is 0 Å². The fourth-order valence-corrected chi connectivity index (χ4v) is 2.39. The maximum absolute atomic E-state index is 13.7. The highest BCUT2D eigenvalue weighted by Crippen LogP contribution is 2.07. The first-order valence-electron chi connectivity index (χ1n) is 8.45. The van der Waals surface area contributed by atoms with E-state index in [9.17, 15) is 4.39 Å². The summed E-state index contributed by atoms with van der Waals surface area (Å²) < 4.78 is 15.6. The Balaban J connectivity index is 1.62. The Morgan fingerprint density at radius 3 is 2.77 bits per heavy atom. The van der Waals surface area contributed by atoms with Crippen molar-refractivity contribution in [2.24, 2.45) is 4.99 Å². The zero-order chi connectivity index (χ0) is 18.2. The molecule has 7 heteroatoms. The smallest absolute Gasteiger partial charge is 0.191 e. The molecule has 3 rings (SSSR count). The average molecular weight is 352 g/mol. The van der Waals surface area contributed by atoms with Gasteiger partial charge in [0.25, 0.3) is 0 Å². The molecule has 26 heavy (non-hydrogen) atoms. The highest BCUT2D eigenvalue weighted by molar-refractivity contribution is 5.79. The third-order valence-electron chi connectivity index (χ3n) is 3.75. The number of guanidine groups is 1. The van der Waals surface area contributed by atoms with Crippen LogP contribution in [0.1, 0.15) is 18.1 Å². The van der Waals surface area contributed by atoms with Crippen molar-refractivity contribution in [2.45, 2.75) is 20.0 Å². The fraction of sp³-hybridized carbons (Fsp3) is 0.211. The van der Waals surface area contributed by atoms with Crippen LogP contribution in [0.3, 0.4) is 0 Å². The van der Waals surface area contributed by atoms with Gasteiger partial charge in [0.15, 0.2) is 5.96 Å². The van der Waals surface area contributed by atoms with E-state index in [1.54, 1.807) is 30.9 Å². The number of aromatic nitrogens is 3. The number of pyridine rings is 1. The Kier molecular flexibility index (Phi) is 5.92. The molecule has 2 heterocycles.